The maximum absolute atomic E-state index is 12.2. The van der Waals surface area contributed by atoms with E-state index in [4.69, 9.17) is 16.2 Å². The summed E-state index contributed by atoms with van der Waals surface area (Å²) in [6.07, 6.45) is 3.67. The van der Waals surface area contributed by atoms with Gasteiger partial charge in [-0.1, -0.05) is 6.07 Å². The van der Waals surface area contributed by atoms with Crippen LogP contribution in [-0.2, 0) is 14.4 Å². The summed E-state index contributed by atoms with van der Waals surface area (Å²) in [5, 5.41) is 18.8. The zero-order valence-electron chi connectivity index (χ0n) is 20.3. The maximum atomic E-state index is 12.2. The van der Waals surface area contributed by atoms with Gasteiger partial charge in [0.05, 0.1) is 30.8 Å². The first-order chi connectivity index (χ1) is 16.7. The minimum absolute atomic E-state index is 0.0882. The van der Waals surface area contributed by atoms with E-state index in [1.807, 2.05) is 31.2 Å². The number of ether oxygens (including phenoxy) is 1. The average molecular weight is 489 g/mol. The summed E-state index contributed by atoms with van der Waals surface area (Å²) in [6, 6.07) is 5.54. The van der Waals surface area contributed by atoms with E-state index >= 15 is 0 Å². The molecular weight excluding hydrogens is 452 g/mol. The third kappa shape index (κ3) is 9.02. The molecule has 0 aliphatic heterocycles. The predicted molar refractivity (Wildman–Crippen MR) is 134 cm³/mol. The molecule has 11 nitrogen and oxygen atoms in total. The molecule has 8 N–H and O–H groups in total. The van der Waals surface area contributed by atoms with Gasteiger partial charge in [0.25, 0.3) is 0 Å². The van der Waals surface area contributed by atoms with Crippen molar-refractivity contribution >= 4 is 34.4 Å². The Morgan fingerprint density at radius 3 is 2.66 bits per heavy atom. The van der Waals surface area contributed by atoms with E-state index in [2.05, 4.69) is 20.9 Å². The number of methoxy groups -OCH3 is 1. The first-order valence-corrected chi connectivity index (χ1v) is 11.7. The van der Waals surface area contributed by atoms with Crippen molar-refractivity contribution in [1.29, 1.82) is 0 Å². The second-order valence-corrected chi connectivity index (χ2v) is 8.43. The molecule has 0 saturated heterocycles. The molecule has 11 heteroatoms. The van der Waals surface area contributed by atoms with Crippen molar-refractivity contribution in [2.75, 3.05) is 25.5 Å². The monoisotopic (exact) mass is 488 g/mol. The molecule has 0 bridgehead atoms. The number of fused-ring (bicyclic) bond motifs is 1. The maximum Gasteiger partial charge on any atom is 0.326 e. The van der Waals surface area contributed by atoms with E-state index in [1.165, 1.54) is 0 Å². The van der Waals surface area contributed by atoms with Crippen LogP contribution in [0.2, 0.25) is 0 Å². The molecule has 1 aromatic carbocycles. The molecule has 0 radical (unpaired) electrons. The Labute approximate surface area is 205 Å². The number of carbonyl (C=O) groups is 3. The fourth-order valence-corrected chi connectivity index (χ4v) is 3.57. The number of carboxylic acids is 1. The van der Waals surface area contributed by atoms with E-state index in [-0.39, 0.29) is 12.5 Å². The van der Waals surface area contributed by atoms with E-state index in [9.17, 15) is 19.5 Å². The number of hydrogen-bond donors (Lipinski definition) is 6. The normalized spacial score (nSPS) is 13.5. The fraction of sp³-hybridized carbons (Fsp3) is 0.500. The van der Waals surface area contributed by atoms with E-state index in [0.717, 1.165) is 28.8 Å². The van der Waals surface area contributed by atoms with Gasteiger partial charge < -0.3 is 37.3 Å². The van der Waals surface area contributed by atoms with Crippen molar-refractivity contribution < 1.29 is 24.2 Å². The van der Waals surface area contributed by atoms with Gasteiger partial charge in [0.15, 0.2) is 0 Å². The van der Waals surface area contributed by atoms with E-state index in [0.29, 0.717) is 32.4 Å². The van der Waals surface area contributed by atoms with Gasteiger partial charge in [-0.2, -0.15) is 0 Å². The zero-order chi connectivity index (χ0) is 25.8. The molecule has 2 aromatic rings. The fourth-order valence-electron chi connectivity index (χ4n) is 3.57. The molecular formula is C24H36N6O5. The average Bonchev–Trinajstić information content (AvgIpc) is 2.84. The molecule has 2 amide bonds. The lowest BCUT2D eigenvalue weighted by Gasteiger charge is -2.18. The summed E-state index contributed by atoms with van der Waals surface area (Å²) in [5.74, 6) is -1.64. The molecule has 192 valence electrons. The molecule has 0 aliphatic carbocycles. The molecule has 0 aliphatic rings. The number of carbonyl (C=O) groups excluding carboxylic acids is 2. The van der Waals surface area contributed by atoms with Gasteiger partial charge in [0.2, 0.25) is 11.8 Å². The van der Waals surface area contributed by atoms with Gasteiger partial charge in [0.1, 0.15) is 11.8 Å². The zero-order valence-corrected chi connectivity index (χ0v) is 20.3. The molecule has 35 heavy (non-hydrogen) atoms. The van der Waals surface area contributed by atoms with Crippen LogP contribution in [0.1, 0.15) is 39.0 Å². The molecule has 2 rings (SSSR count). The number of amides is 2. The number of pyridine rings is 1. The second kappa shape index (κ2) is 14.1. The number of nitrogens with zero attached hydrogens (tertiary/aromatic N) is 1. The Balaban J connectivity index is 1.79. The highest BCUT2D eigenvalue weighted by Crippen LogP contribution is 2.28. The number of carboxylic acid groups (broad SMARTS) is 1. The van der Waals surface area contributed by atoms with E-state index < -0.39 is 29.9 Å². The van der Waals surface area contributed by atoms with Crippen LogP contribution in [0.5, 0.6) is 5.75 Å². The highest BCUT2D eigenvalue weighted by molar-refractivity contribution is 5.92. The summed E-state index contributed by atoms with van der Waals surface area (Å²) < 4.78 is 5.38. The number of nitrogens with two attached hydrogens (primary N) is 2. The SMILES string of the molecule is COc1cc(NC(C)CCCNC(=O)C[C@H](NC(=O)[C@@H](N)CCCN)C(=O)O)c2ncccc2c1. The van der Waals surface area contributed by atoms with Crippen molar-refractivity contribution in [1.82, 2.24) is 15.6 Å². The number of hydrogen-bond acceptors (Lipinski definition) is 8. The lowest BCUT2D eigenvalue weighted by molar-refractivity contribution is -0.143. The van der Waals surface area contributed by atoms with E-state index in [1.54, 1.807) is 13.3 Å². The third-order valence-electron chi connectivity index (χ3n) is 5.51. The molecule has 1 aromatic heterocycles. The minimum Gasteiger partial charge on any atom is -0.497 e. The number of benzene rings is 1. The summed E-state index contributed by atoms with van der Waals surface area (Å²) in [7, 11) is 1.62. The molecule has 0 saturated carbocycles. The van der Waals surface area contributed by atoms with Crippen LogP contribution in [0, 0.1) is 0 Å². The Morgan fingerprint density at radius 1 is 1.20 bits per heavy atom. The van der Waals surface area contributed by atoms with Gasteiger partial charge in [-0.3, -0.25) is 14.6 Å². The standard InChI is InChI=1S/C24H36N6O5/c1-15(29-19-13-17(35-2)12-16-7-5-11-28-22(16)19)6-4-10-27-21(31)14-20(24(33)34)30-23(32)18(26)8-3-9-25/h5,7,11-13,15,18,20,29H,3-4,6,8-10,14,25-26H2,1-2H3,(H,27,31)(H,30,32)(H,33,34)/t15?,18-,20-/m0/s1. The second-order valence-electron chi connectivity index (χ2n) is 8.43. The van der Waals surface area contributed by atoms with Crippen molar-refractivity contribution in [3.63, 3.8) is 0 Å². The van der Waals surface area contributed by atoms with Gasteiger partial charge in [-0.15, -0.1) is 0 Å². The van der Waals surface area contributed by atoms with Crippen LogP contribution in [0.15, 0.2) is 30.5 Å². The van der Waals surface area contributed by atoms with Gasteiger partial charge in [0, 0.05) is 30.2 Å². The number of anilines is 1. The number of nitrogens with one attached hydrogen (secondary N) is 3. The Morgan fingerprint density at radius 2 is 1.97 bits per heavy atom. The quantitative estimate of drug-likeness (QED) is 0.199. The Hall–Kier alpha value is -3.44. The van der Waals surface area contributed by atoms with Crippen LogP contribution in [0.3, 0.4) is 0 Å². The number of aromatic nitrogens is 1. The first kappa shape index (κ1) is 27.8. The Bertz CT molecular complexity index is 1000. The highest BCUT2D eigenvalue weighted by atomic mass is 16.5. The predicted octanol–water partition coefficient (Wildman–Crippen LogP) is 0.966. The Kier molecular flexibility index (Phi) is 11.2. The molecule has 3 atom stereocenters. The highest BCUT2D eigenvalue weighted by Gasteiger charge is 2.25. The van der Waals surface area contributed by atoms with Crippen molar-refractivity contribution in [2.24, 2.45) is 11.5 Å². The van der Waals surface area contributed by atoms with Crippen LogP contribution in [-0.4, -0.2) is 66.2 Å². The third-order valence-corrected chi connectivity index (χ3v) is 5.51. The summed E-state index contributed by atoms with van der Waals surface area (Å²) in [6.45, 7) is 2.78. The van der Waals surface area contributed by atoms with Crippen LogP contribution in [0.4, 0.5) is 5.69 Å². The van der Waals surface area contributed by atoms with Crippen LogP contribution in [0.25, 0.3) is 10.9 Å². The summed E-state index contributed by atoms with van der Waals surface area (Å²) in [4.78, 5) is 40.2. The molecule has 1 unspecified atom stereocenters. The lowest BCUT2D eigenvalue weighted by Crippen LogP contribution is -2.50. The minimum atomic E-state index is -1.35. The number of aliphatic carboxylic acids is 1. The summed E-state index contributed by atoms with van der Waals surface area (Å²) in [5.41, 5.74) is 12.8. The van der Waals surface area contributed by atoms with Crippen molar-refractivity contribution in [3.8, 4) is 5.75 Å². The lowest BCUT2D eigenvalue weighted by atomic mass is 10.1. The number of rotatable bonds is 15. The van der Waals surface area contributed by atoms with Crippen molar-refractivity contribution in [3.05, 3.63) is 30.5 Å². The molecule has 0 fully saturated rings. The smallest absolute Gasteiger partial charge is 0.326 e. The van der Waals surface area contributed by atoms with Crippen molar-refractivity contribution in [2.45, 2.75) is 57.2 Å². The molecule has 1 heterocycles. The van der Waals surface area contributed by atoms with Gasteiger partial charge in [-0.25, -0.2) is 4.79 Å². The summed E-state index contributed by atoms with van der Waals surface area (Å²) >= 11 is 0. The van der Waals surface area contributed by atoms with Gasteiger partial charge >= 0.3 is 5.97 Å². The topological polar surface area (TPSA) is 182 Å². The first-order valence-electron chi connectivity index (χ1n) is 11.7. The largest absolute Gasteiger partial charge is 0.497 e. The van der Waals surface area contributed by atoms with Crippen LogP contribution >= 0.6 is 0 Å². The molecule has 0 spiro atoms. The van der Waals surface area contributed by atoms with Gasteiger partial charge in [-0.05, 0) is 51.3 Å². The van der Waals surface area contributed by atoms with Crippen LogP contribution < -0.4 is 32.2 Å².